The molecule has 2 aromatic rings. The van der Waals surface area contributed by atoms with Gasteiger partial charge in [0.05, 0.1) is 17.5 Å². The van der Waals surface area contributed by atoms with Gasteiger partial charge in [-0.3, -0.25) is 0 Å². The van der Waals surface area contributed by atoms with Crippen molar-refractivity contribution in [3.8, 4) is 0 Å². The topological polar surface area (TPSA) is 27.1 Å². The highest BCUT2D eigenvalue weighted by Gasteiger charge is 2.29. The van der Waals surface area contributed by atoms with E-state index in [-0.39, 0.29) is 23.5 Å². The van der Waals surface area contributed by atoms with Crippen LogP contribution in [0.4, 0.5) is 8.78 Å². The zero-order chi connectivity index (χ0) is 14.3. The van der Waals surface area contributed by atoms with Crippen molar-refractivity contribution in [3.05, 3.63) is 29.6 Å². The molecule has 1 aromatic carbocycles. The van der Waals surface area contributed by atoms with Crippen LogP contribution in [-0.2, 0) is 10.6 Å². The van der Waals surface area contributed by atoms with E-state index in [1.54, 1.807) is 7.11 Å². The summed E-state index contributed by atoms with van der Waals surface area (Å²) in [5.41, 5.74) is 0.655. The van der Waals surface area contributed by atoms with Gasteiger partial charge < -0.3 is 9.30 Å². The molecular formula is C14H15ClF2N2O. The summed E-state index contributed by atoms with van der Waals surface area (Å²) in [5, 5.41) is 0. The van der Waals surface area contributed by atoms with E-state index >= 15 is 0 Å². The largest absolute Gasteiger partial charge is 0.381 e. The van der Waals surface area contributed by atoms with Crippen LogP contribution < -0.4 is 0 Å². The third-order valence-corrected chi connectivity index (χ3v) is 4.20. The number of ether oxygens (including phenoxy) is 1. The first-order valence-corrected chi connectivity index (χ1v) is 7.12. The number of nitrogens with zero attached hydrogens (tertiary/aromatic N) is 2. The lowest BCUT2D eigenvalue weighted by Gasteiger charge is -2.16. The van der Waals surface area contributed by atoms with E-state index in [4.69, 9.17) is 16.3 Å². The minimum absolute atomic E-state index is 0.125. The molecule has 1 heterocycles. The van der Waals surface area contributed by atoms with Crippen LogP contribution in [0.25, 0.3) is 11.0 Å². The molecule has 108 valence electrons. The van der Waals surface area contributed by atoms with E-state index in [0.717, 1.165) is 25.3 Å². The molecule has 0 saturated heterocycles. The standard InChI is InChI=1S/C14H15ClF2N2O/c1-20-10-3-2-9(6-10)19-12-5-8(16)4-11(17)14(12)18-13(19)7-15/h4-5,9-10H,2-3,6-7H2,1H3. The summed E-state index contributed by atoms with van der Waals surface area (Å²) < 4.78 is 34.5. The van der Waals surface area contributed by atoms with Crippen molar-refractivity contribution in [3.63, 3.8) is 0 Å². The molecule has 1 aliphatic carbocycles. The lowest BCUT2D eigenvalue weighted by Crippen LogP contribution is -2.11. The fourth-order valence-electron chi connectivity index (χ4n) is 3.04. The van der Waals surface area contributed by atoms with Crippen molar-refractivity contribution in [1.29, 1.82) is 0 Å². The van der Waals surface area contributed by atoms with E-state index in [1.165, 1.54) is 6.07 Å². The van der Waals surface area contributed by atoms with Crippen molar-refractivity contribution in [2.24, 2.45) is 0 Å². The van der Waals surface area contributed by atoms with Gasteiger partial charge in [0.2, 0.25) is 0 Å². The molecule has 20 heavy (non-hydrogen) atoms. The van der Waals surface area contributed by atoms with Gasteiger partial charge in [-0.05, 0) is 25.3 Å². The second kappa shape index (κ2) is 5.30. The maximum Gasteiger partial charge on any atom is 0.153 e. The number of benzene rings is 1. The Balaban J connectivity index is 2.13. The SMILES string of the molecule is COC1CCC(n2c(CCl)nc3c(F)cc(F)cc32)C1. The van der Waals surface area contributed by atoms with Crippen LogP contribution in [0.3, 0.4) is 0 Å². The lowest BCUT2D eigenvalue weighted by atomic mass is 10.2. The number of aromatic nitrogens is 2. The Morgan fingerprint density at radius 3 is 2.85 bits per heavy atom. The average Bonchev–Trinajstić information content (AvgIpc) is 3.01. The van der Waals surface area contributed by atoms with Crippen LogP contribution in [0.2, 0.25) is 0 Å². The maximum atomic E-state index is 13.8. The monoisotopic (exact) mass is 300 g/mol. The highest BCUT2D eigenvalue weighted by Crippen LogP contribution is 2.36. The molecule has 2 unspecified atom stereocenters. The highest BCUT2D eigenvalue weighted by molar-refractivity contribution is 6.16. The Hall–Kier alpha value is -1.20. The second-order valence-electron chi connectivity index (χ2n) is 5.11. The van der Waals surface area contributed by atoms with Crippen molar-refractivity contribution in [2.45, 2.75) is 37.3 Å². The number of hydrogen-bond acceptors (Lipinski definition) is 2. The Morgan fingerprint density at radius 2 is 2.20 bits per heavy atom. The number of alkyl halides is 1. The molecule has 0 amide bonds. The summed E-state index contributed by atoms with van der Waals surface area (Å²) in [4.78, 5) is 4.22. The zero-order valence-electron chi connectivity index (χ0n) is 11.1. The van der Waals surface area contributed by atoms with Gasteiger partial charge in [-0.15, -0.1) is 11.6 Å². The summed E-state index contributed by atoms with van der Waals surface area (Å²) in [7, 11) is 1.68. The predicted molar refractivity (Wildman–Crippen MR) is 72.9 cm³/mol. The van der Waals surface area contributed by atoms with Crippen LogP contribution in [0.1, 0.15) is 31.1 Å². The van der Waals surface area contributed by atoms with E-state index in [2.05, 4.69) is 4.98 Å². The Kier molecular flexibility index (Phi) is 3.65. The van der Waals surface area contributed by atoms with E-state index in [9.17, 15) is 8.78 Å². The summed E-state index contributed by atoms with van der Waals surface area (Å²) in [5.74, 6) is -0.498. The maximum absolute atomic E-state index is 13.8. The molecule has 1 saturated carbocycles. The van der Waals surface area contributed by atoms with Crippen molar-refractivity contribution < 1.29 is 13.5 Å². The number of methoxy groups -OCH3 is 1. The summed E-state index contributed by atoms with van der Waals surface area (Å²) in [6.45, 7) is 0. The quantitative estimate of drug-likeness (QED) is 0.806. The first-order chi connectivity index (χ1) is 9.63. The highest BCUT2D eigenvalue weighted by atomic mass is 35.5. The Bertz CT molecular complexity index is 644. The van der Waals surface area contributed by atoms with Gasteiger partial charge in [0.25, 0.3) is 0 Å². The number of halogens is 3. The molecule has 0 radical (unpaired) electrons. The normalized spacial score (nSPS) is 22.8. The second-order valence-corrected chi connectivity index (χ2v) is 5.38. The van der Waals surface area contributed by atoms with Crippen LogP contribution >= 0.6 is 11.6 Å². The van der Waals surface area contributed by atoms with Crippen LogP contribution in [0, 0.1) is 11.6 Å². The summed E-state index contributed by atoms with van der Waals surface area (Å²) in [6.07, 6.45) is 2.81. The van der Waals surface area contributed by atoms with Gasteiger partial charge in [-0.25, -0.2) is 13.8 Å². The number of hydrogen-bond donors (Lipinski definition) is 0. The first-order valence-electron chi connectivity index (χ1n) is 6.58. The molecule has 2 atom stereocenters. The average molecular weight is 301 g/mol. The number of rotatable bonds is 3. The first kappa shape index (κ1) is 13.8. The molecule has 6 heteroatoms. The van der Waals surface area contributed by atoms with Crippen LogP contribution in [0.5, 0.6) is 0 Å². The van der Waals surface area contributed by atoms with Gasteiger partial charge >= 0.3 is 0 Å². The van der Waals surface area contributed by atoms with Gasteiger partial charge in [0.15, 0.2) is 5.82 Å². The van der Waals surface area contributed by atoms with Crippen LogP contribution in [0.15, 0.2) is 12.1 Å². The van der Waals surface area contributed by atoms with E-state index in [1.807, 2.05) is 4.57 Å². The van der Waals surface area contributed by atoms with Gasteiger partial charge in [0.1, 0.15) is 17.2 Å². The molecule has 3 rings (SSSR count). The molecule has 1 aliphatic rings. The smallest absolute Gasteiger partial charge is 0.153 e. The molecule has 0 N–H and O–H groups in total. The molecule has 1 fully saturated rings. The minimum Gasteiger partial charge on any atom is -0.381 e. The third kappa shape index (κ3) is 2.19. The van der Waals surface area contributed by atoms with E-state index < -0.39 is 11.6 Å². The van der Waals surface area contributed by atoms with Gasteiger partial charge in [-0.2, -0.15) is 0 Å². The number of fused-ring (bicyclic) bond motifs is 1. The van der Waals surface area contributed by atoms with Gasteiger partial charge in [-0.1, -0.05) is 0 Å². The van der Waals surface area contributed by atoms with Crippen LogP contribution in [-0.4, -0.2) is 22.8 Å². The lowest BCUT2D eigenvalue weighted by molar-refractivity contribution is 0.106. The molecule has 0 spiro atoms. The van der Waals surface area contributed by atoms with Crippen molar-refractivity contribution in [1.82, 2.24) is 9.55 Å². The molecular weight excluding hydrogens is 286 g/mol. The summed E-state index contributed by atoms with van der Waals surface area (Å²) in [6, 6.07) is 2.30. The van der Waals surface area contributed by atoms with Crippen molar-refractivity contribution >= 4 is 22.6 Å². The fourth-order valence-corrected chi connectivity index (χ4v) is 3.22. The number of imidazole rings is 1. The van der Waals surface area contributed by atoms with E-state index in [0.29, 0.717) is 11.3 Å². The minimum atomic E-state index is -0.647. The molecule has 0 bridgehead atoms. The third-order valence-electron chi connectivity index (χ3n) is 3.96. The van der Waals surface area contributed by atoms with Crippen molar-refractivity contribution in [2.75, 3.05) is 7.11 Å². The van der Waals surface area contributed by atoms with Gasteiger partial charge in [0, 0.05) is 19.2 Å². The fraction of sp³-hybridized carbons (Fsp3) is 0.500. The molecule has 0 aliphatic heterocycles. The molecule has 3 nitrogen and oxygen atoms in total. The molecule has 1 aromatic heterocycles. The Labute approximate surface area is 120 Å². The summed E-state index contributed by atoms with van der Waals surface area (Å²) >= 11 is 5.91. The zero-order valence-corrected chi connectivity index (χ0v) is 11.8. The Morgan fingerprint density at radius 1 is 1.40 bits per heavy atom. The predicted octanol–water partition coefficient (Wildman–Crippen LogP) is 3.79.